The Bertz CT molecular complexity index is 539. The number of alkyl halides is 1. The van der Waals surface area contributed by atoms with Gasteiger partial charge in [-0.3, -0.25) is 0 Å². The Morgan fingerprint density at radius 3 is 2.76 bits per heavy atom. The molecule has 90 valence electrons. The van der Waals surface area contributed by atoms with Gasteiger partial charge in [0.05, 0.1) is 23.2 Å². The third-order valence-electron chi connectivity index (χ3n) is 2.42. The highest BCUT2D eigenvalue weighted by molar-refractivity contribution is 9.10. The predicted octanol–water partition coefficient (Wildman–Crippen LogP) is 4.16. The highest BCUT2D eigenvalue weighted by Gasteiger charge is 2.12. The lowest BCUT2D eigenvalue weighted by molar-refractivity contribution is 0.412. The van der Waals surface area contributed by atoms with Crippen LogP contribution in [0, 0.1) is 6.92 Å². The van der Waals surface area contributed by atoms with E-state index < -0.39 is 0 Å². The van der Waals surface area contributed by atoms with Gasteiger partial charge in [-0.15, -0.1) is 11.6 Å². The molecule has 0 amide bonds. The average molecular weight is 317 g/mol. The highest BCUT2D eigenvalue weighted by Crippen LogP contribution is 2.31. The van der Waals surface area contributed by atoms with Gasteiger partial charge in [-0.05, 0) is 41.1 Å². The number of methoxy groups -OCH3 is 1. The van der Waals surface area contributed by atoms with E-state index >= 15 is 0 Å². The summed E-state index contributed by atoms with van der Waals surface area (Å²) in [6.07, 6.45) is 0. The molecule has 0 aliphatic carbocycles. The molecule has 0 bridgehead atoms. The summed E-state index contributed by atoms with van der Waals surface area (Å²) in [4.78, 5) is 4.33. The number of halogens is 2. The van der Waals surface area contributed by atoms with Crippen molar-refractivity contribution in [3.8, 4) is 17.2 Å². The van der Waals surface area contributed by atoms with Crippen molar-refractivity contribution in [1.82, 2.24) is 4.98 Å². The predicted molar refractivity (Wildman–Crippen MR) is 70.5 cm³/mol. The minimum Gasteiger partial charge on any atom is -0.496 e. The molecule has 0 N–H and O–H groups in total. The number of benzene rings is 1. The van der Waals surface area contributed by atoms with Crippen LogP contribution >= 0.6 is 27.5 Å². The van der Waals surface area contributed by atoms with Gasteiger partial charge >= 0.3 is 0 Å². The Kier molecular flexibility index (Phi) is 3.74. The van der Waals surface area contributed by atoms with Crippen LogP contribution in [0.2, 0.25) is 0 Å². The molecular weight excluding hydrogens is 305 g/mol. The van der Waals surface area contributed by atoms with Gasteiger partial charge in [-0.1, -0.05) is 0 Å². The number of ether oxygens (including phenoxy) is 1. The molecule has 0 aliphatic heterocycles. The summed E-state index contributed by atoms with van der Waals surface area (Å²) in [7, 11) is 1.63. The molecule has 0 atom stereocenters. The lowest BCUT2D eigenvalue weighted by Crippen LogP contribution is -1.85. The molecule has 1 heterocycles. The summed E-state index contributed by atoms with van der Waals surface area (Å²) in [5.74, 6) is 2.45. The van der Waals surface area contributed by atoms with E-state index in [4.69, 9.17) is 20.8 Å². The van der Waals surface area contributed by atoms with Crippen molar-refractivity contribution >= 4 is 27.5 Å². The van der Waals surface area contributed by atoms with Crippen molar-refractivity contribution in [3.05, 3.63) is 34.1 Å². The number of nitrogens with zero attached hydrogens (tertiary/aromatic N) is 1. The van der Waals surface area contributed by atoms with Crippen molar-refractivity contribution < 1.29 is 9.15 Å². The zero-order valence-corrected chi connectivity index (χ0v) is 11.8. The van der Waals surface area contributed by atoms with E-state index in [2.05, 4.69) is 20.9 Å². The Morgan fingerprint density at radius 2 is 2.24 bits per heavy atom. The molecule has 0 fully saturated rings. The SMILES string of the molecule is COc1ccc(-c2nc(CCl)c(C)o2)cc1Br. The van der Waals surface area contributed by atoms with Gasteiger partial charge in [0.15, 0.2) is 0 Å². The number of hydrogen-bond acceptors (Lipinski definition) is 3. The van der Waals surface area contributed by atoms with Crippen LogP contribution in [-0.4, -0.2) is 12.1 Å². The molecule has 0 spiro atoms. The van der Waals surface area contributed by atoms with Crippen LogP contribution in [0.15, 0.2) is 27.1 Å². The maximum atomic E-state index is 5.76. The fourth-order valence-electron chi connectivity index (χ4n) is 1.47. The summed E-state index contributed by atoms with van der Waals surface area (Å²) in [6, 6.07) is 5.66. The molecule has 0 aliphatic rings. The maximum Gasteiger partial charge on any atom is 0.226 e. The second kappa shape index (κ2) is 5.10. The molecule has 1 aromatic carbocycles. The molecule has 0 unspecified atom stereocenters. The van der Waals surface area contributed by atoms with Crippen LogP contribution in [0.1, 0.15) is 11.5 Å². The van der Waals surface area contributed by atoms with E-state index in [0.717, 1.165) is 27.2 Å². The van der Waals surface area contributed by atoms with Crippen LogP contribution in [-0.2, 0) is 5.88 Å². The normalized spacial score (nSPS) is 10.6. The number of aromatic nitrogens is 1. The van der Waals surface area contributed by atoms with Gasteiger partial charge in [-0.2, -0.15) is 0 Å². The van der Waals surface area contributed by atoms with Crippen molar-refractivity contribution in [2.75, 3.05) is 7.11 Å². The number of oxazole rings is 1. The standard InChI is InChI=1S/C12H11BrClNO2/c1-7-10(6-14)15-12(17-7)8-3-4-11(16-2)9(13)5-8/h3-5H,6H2,1-2H3. The van der Waals surface area contributed by atoms with Crippen molar-refractivity contribution in [3.63, 3.8) is 0 Å². The smallest absolute Gasteiger partial charge is 0.226 e. The molecular formula is C12H11BrClNO2. The van der Waals surface area contributed by atoms with Crippen molar-refractivity contribution in [2.45, 2.75) is 12.8 Å². The highest BCUT2D eigenvalue weighted by atomic mass is 79.9. The lowest BCUT2D eigenvalue weighted by atomic mass is 10.2. The van der Waals surface area contributed by atoms with E-state index in [-0.39, 0.29) is 0 Å². The summed E-state index contributed by atoms with van der Waals surface area (Å²) < 4.78 is 11.6. The summed E-state index contributed by atoms with van der Waals surface area (Å²) in [6.45, 7) is 1.85. The molecule has 2 aromatic rings. The first-order chi connectivity index (χ1) is 8.15. The van der Waals surface area contributed by atoms with E-state index in [9.17, 15) is 0 Å². The van der Waals surface area contributed by atoms with Gasteiger partial charge in [-0.25, -0.2) is 4.98 Å². The number of aryl methyl sites for hydroxylation is 1. The maximum absolute atomic E-state index is 5.76. The zero-order chi connectivity index (χ0) is 12.4. The molecule has 0 saturated carbocycles. The van der Waals surface area contributed by atoms with E-state index in [1.807, 2.05) is 25.1 Å². The third kappa shape index (κ3) is 2.48. The van der Waals surface area contributed by atoms with Crippen LogP contribution in [0.25, 0.3) is 11.5 Å². The fourth-order valence-corrected chi connectivity index (χ4v) is 2.26. The van der Waals surface area contributed by atoms with Gasteiger partial charge in [0.25, 0.3) is 0 Å². The second-order valence-corrected chi connectivity index (χ2v) is 4.63. The summed E-state index contributed by atoms with van der Waals surface area (Å²) in [5, 5.41) is 0. The molecule has 17 heavy (non-hydrogen) atoms. The molecule has 0 saturated heterocycles. The first kappa shape index (κ1) is 12.5. The van der Waals surface area contributed by atoms with Crippen LogP contribution < -0.4 is 4.74 Å². The number of rotatable bonds is 3. The third-order valence-corrected chi connectivity index (χ3v) is 3.29. The van der Waals surface area contributed by atoms with Crippen molar-refractivity contribution in [1.29, 1.82) is 0 Å². The Balaban J connectivity index is 2.42. The topological polar surface area (TPSA) is 35.3 Å². The summed E-state index contributed by atoms with van der Waals surface area (Å²) in [5.41, 5.74) is 1.66. The monoisotopic (exact) mass is 315 g/mol. The van der Waals surface area contributed by atoms with E-state index in [1.54, 1.807) is 7.11 Å². The minimum absolute atomic E-state index is 0.354. The first-order valence-corrected chi connectivity index (χ1v) is 6.34. The largest absolute Gasteiger partial charge is 0.496 e. The van der Waals surface area contributed by atoms with Gasteiger partial charge in [0.2, 0.25) is 5.89 Å². The quantitative estimate of drug-likeness (QED) is 0.798. The van der Waals surface area contributed by atoms with Crippen LogP contribution in [0.4, 0.5) is 0 Å². The van der Waals surface area contributed by atoms with Gasteiger partial charge in [0.1, 0.15) is 11.5 Å². The van der Waals surface area contributed by atoms with Gasteiger partial charge < -0.3 is 9.15 Å². The zero-order valence-electron chi connectivity index (χ0n) is 9.46. The van der Waals surface area contributed by atoms with Crippen LogP contribution in [0.3, 0.4) is 0 Å². The fraction of sp³-hybridized carbons (Fsp3) is 0.250. The molecule has 3 nitrogen and oxygen atoms in total. The molecule has 2 rings (SSSR count). The van der Waals surface area contributed by atoms with Crippen LogP contribution in [0.5, 0.6) is 5.75 Å². The van der Waals surface area contributed by atoms with Crippen molar-refractivity contribution in [2.24, 2.45) is 0 Å². The Morgan fingerprint density at radius 1 is 1.47 bits per heavy atom. The van der Waals surface area contributed by atoms with Gasteiger partial charge in [0, 0.05) is 5.56 Å². The van der Waals surface area contributed by atoms with E-state index in [0.29, 0.717) is 11.8 Å². The molecule has 0 radical (unpaired) electrons. The number of hydrogen-bond donors (Lipinski definition) is 0. The lowest BCUT2D eigenvalue weighted by Gasteiger charge is -2.03. The molecule has 1 aromatic heterocycles. The first-order valence-electron chi connectivity index (χ1n) is 5.02. The molecule has 5 heteroatoms. The minimum atomic E-state index is 0.354. The van der Waals surface area contributed by atoms with E-state index in [1.165, 1.54) is 0 Å². The Hall–Kier alpha value is -1.00. The Labute approximate surface area is 113 Å². The summed E-state index contributed by atoms with van der Waals surface area (Å²) >= 11 is 9.19. The average Bonchev–Trinajstić information content (AvgIpc) is 2.70. The second-order valence-electron chi connectivity index (χ2n) is 3.50.